The molecule has 0 aliphatic heterocycles. The second-order valence-electron chi connectivity index (χ2n) is 7.94. The van der Waals surface area contributed by atoms with Crippen LogP contribution in [0.1, 0.15) is 38.1 Å². The van der Waals surface area contributed by atoms with Crippen molar-refractivity contribution in [1.29, 1.82) is 0 Å². The van der Waals surface area contributed by atoms with E-state index in [-0.39, 0.29) is 22.3 Å². The normalized spacial score (nSPS) is 12.8. The summed E-state index contributed by atoms with van der Waals surface area (Å²) in [4.78, 5) is 26.0. The van der Waals surface area contributed by atoms with Gasteiger partial charge in [-0.1, -0.05) is 45.9 Å². The van der Waals surface area contributed by atoms with Gasteiger partial charge in [-0.05, 0) is 30.2 Å². The van der Waals surface area contributed by atoms with E-state index in [0.717, 1.165) is 5.39 Å². The Hall–Kier alpha value is -3.24. The lowest BCUT2D eigenvalue weighted by atomic mass is 10.0. The molecule has 3 aromatic rings. The van der Waals surface area contributed by atoms with Gasteiger partial charge in [0.1, 0.15) is 6.04 Å². The van der Waals surface area contributed by atoms with E-state index >= 15 is 0 Å². The third-order valence-corrected chi connectivity index (χ3v) is 7.46. The topological polar surface area (TPSA) is 124 Å². The van der Waals surface area contributed by atoms with Crippen LogP contribution in [0.3, 0.4) is 0 Å². The first-order valence-corrected chi connectivity index (χ1v) is 12.3. The van der Waals surface area contributed by atoms with Crippen molar-refractivity contribution < 1.29 is 18.0 Å². The van der Waals surface area contributed by atoms with Gasteiger partial charge in [-0.2, -0.15) is 9.40 Å². The monoisotopic (exact) mass is 471 g/mol. The largest absolute Gasteiger partial charge is 0.340 e. The minimum absolute atomic E-state index is 0.0373. The van der Waals surface area contributed by atoms with Crippen LogP contribution in [-0.2, 0) is 14.8 Å². The number of fused-ring (bicyclic) bond motifs is 1. The highest BCUT2D eigenvalue weighted by molar-refractivity contribution is 7.89. The molecule has 0 bridgehead atoms. The third kappa shape index (κ3) is 5.23. The molecule has 9 nitrogen and oxygen atoms in total. The second kappa shape index (κ2) is 10.1. The van der Waals surface area contributed by atoms with E-state index in [0.29, 0.717) is 24.3 Å². The Labute approximate surface area is 193 Å². The number of benzene rings is 2. The Kier molecular flexibility index (Phi) is 7.50. The van der Waals surface area contributed by atoms with Gasteiger partial charge in [-0.25, -0.2) is 8.42 Å². The van der Waals surface area contributed by atoms with E-state index < -0.39 is 22.0 Å². The summed E-state index contributed by atoms with van der Waals surface area (Å²) in [6.07, 6.45) is 1.66. The van der Waals surface area contributed by atoms with Gasteiger partial charge >= 0.3 is 0 Å². The lowest BCUT2D eigenvalue weighted by Crippen LogP contribution is -2.47. The predicted octanol–water partition coefficient (Wildman–Crippen LogP) is 2.99. The molecule has 0 spiro atoms. The minimum atomic E-state index is -3.71. The quantitative estimate of drug-likeness (QED) is 0.443. The standard InChI is InChI=1S/C23H29N5O4S/c1-5-28(6-2)33(31,32)18-11-7-9-16(13-18)22(29)26-20(15(3)4)23(30)25-19-12-8-10-17-14-24-27-21(17)19/h7-15,20H,5-6H2,1-4H3,(H,24,27)(H,25,30)(H,26,29). The van der Waals surface area contributed by atoms with Crippen molar-refractivity contribution in [2.45, 2.75) is 38.6 Å². The summed E-state index contributed by atoms with van der Waals surface area (Å²) in [7, 11) is -3.71. The number of anilines is 1. The molecule has 1 aromatic heterocycles. The number of amides is 2. The molecule has 0 aliphatic rings. The van der Waals surface area contributed by atoms with Crippen LogP contribution in [0, 0.1) is 5.92 Å². The van der Waals surface area contributed by atoms with Crippen molar-refractivity contribution in [1.82, 2.24) is 19.8 Å². The molecule has 33 heavy (non-hydrogen) atoms. The van der Waals surface area contributed by atoms with E-state index in [2.05, 4.69) is 20.8 Å². The van der Waals surface area contributed by atoms with E-state index in [1.165, 1.54) is 28.6 Å². The van der Waals surface area contributed by atoms with Crippen LogP contribution in [0.4, 0.5) is 5.69 Å². The molecule has 1 atom stereocenters. The highest BCUT2D eigenvalue weighted by Crippen LogP contribution is 2.21. The zero-order valence-corrected chi connectivity index (χ0v) is 19.9. The number of carbonyl (C=O) groups is 2. The van der Waals surface area contributed by atoms with Crippen molar-refractivity contribution >= 4 is 38.4 Å². The highest BCUT2D eigenvalue weighted by atomic mass is 32.2. The summed E-state index contributed by atoms with van der Waals surface area (Å²) in [6.45, 7) is 7.81. The molecular weight excluding hydrogens is 442 g/mol. The Morgan fingerprint density at radius 2 is 1.79 bits per heavy atom. The van der Waals surface area contributed by atoms with Crippen molar-refractivity contribution in [2.75, 3.05) is 18.4 Å². The van der Waals surface area contributed by atoms with Crippen LogP contribution in [0.15, 0.2) is 53.6 Å². The molecule has 10 heteroatoms. The molecule has 3 N–H and O–H groups in total. The first-order valence-electron chi connectivity index (χ1n) is 10.8. The average Bonchev–Trinajstić information content (AvgIpc) is 3.27. The van der Waals surface area contributed by atoms with Gasteiger partial charge in [-0.15, -0.1) is 0 Å². The van der Waals surface area contributed by atoms with Gasteiger partial charge < -0.3 is 10.6 Å². The molecule has 0 saturated carbocycles. The zero-order valence-electron chi connectivity index (χ0n) is 19.1. The number of hydrogen-bond acceptors (Lipinski definition) is 5. The first-order chi connectivity index (χ1) is 15.7. The fourth-order valence-corrected chi connectivity index (χ4v) is 5.06. The number of carbonyl (C=O) groups excluding carboxylic acids is 2. The maximum Gasteiger partial charge on any atom is 0.251 e. The number of H-pyrrole nitrogens is 1. The maximum absolute atomic E-state index is 13.0. The van der Waals surface area contributed by atoms with Crippen LogP contribution < -0.4 is 10.6 Å². The van der Waals surface area contributed by atoms with Gasteiger partial charge in [0, 0.05) is 24.0 Å². The average molecular weight is 472 g/mol. The fourth-order valence-electron chi connectivity index (χ4n) is 3.55. The van der Waals surface area contributed by atoms with E-state index in [1.54, 1.807) is 32.2 Å². The van der Waals surface area contributed by atoms with Crippen LogP contribution in [-0.4, -0.2) is 53.9 Å². The number of aromatic nitrogens is 2. The van der Waals surface area contributed by atoms with Gasteiger partial charge in [0.2, 0.25) is 15.9 Å². The summed E-state index contributed by atoms with van der Waals surface area (Å²) < 4.78 is 27.0. The zero-order chi connectivity index (χ0) is 24.2. The molecule has 3 rings (SSSR count). The summed E-state index contributed by atoms with van der Waals surface area (Å²) in [6, 6.07) is 10.4. The van der Waals surface area contributed by atoms with Crippen LogP contribution in [0.25, 0.3) is 10.9 Å². The van der Waals surface area contributed by atoms with Crippen LogP contribution >= 0.6 is 0 Å². The Balaban J connectivity index is 1.81. The molecule has 0 saturated heterocycles. The third-order valence-electron chi connectivity index (χ3n) is 5.41. The molecule has 0 aliphatic carbocycles. The predicted molar refractivity (Wildman–Crippen MR) is 127 cm³/mol. The van der Waals surface area contributed by atoms with Crippen molar-refractivity contribution in [3.05, 3.63) is 54.2 Å². The van der Waals surface area contributed by atoms with Crippen LogP contribution in [0.5, 0.6) is 0 Å². The van der Waals surface area contributed by atoms with Gasteiger partial charge in [0.15, 0.2) is 0 Å². The minimum Gasteiger partial charge on any atom is -0.340 e. The molecule has 0 radical (unpaired) electrons. The van der Waals surface area contributed by atoms with Gasteiger partial charge in [0.25, 0.3) is 5.91 Å². The van der Waals surface area contributed by atoms with Crippen molar-refractivity contribution in [3.63, 3.8) is 0 Å². The SMILES string of the molecule is CCN(CC)S(=O)(=O)c1cccc(C(=O)NC(C(=O)Nc2cccc3cn[nH]c23)C(C)C)c1. The number of rotatable bonds is 9. The Morgan fingerprint density at radius 1 is 1.09 bits per heavy atom. The summed E-state index contributed by atoms with van der Waals surface area (Å²) in [5.41, 5.74) is 1.41. The fraction of sp³-hybridized carbons (Fsp3) is 0.348. The van der Waals surface area contributed by atoms with E-state index in [4.69, 9.17) is 0 Å². The number of nitrogens with one attached hydrogen (secondary N) is 3. The summed E-state index contributed by atoms with van der Waals surface area (Å²) in [5.74, 6) is -1.12. The molecule has 1 heterocycles. The molecule has 1 unspecified atom stereocenters. The second-order valence-corrected chi connectivity index (χ2v) is 9.88. The first kappa shape index (κ1) is 24.4. The number of aromatic amines is 1. The van der Waals surface area contributed by atoms with Crippen molar-refractivity contribution in [3.8, 4) is 0 Å². The highest BCUT2D eigenvalue weighted by Gasteiger charge is 2.27. The molecule has 2 aromatic carbocycles. The van der Waals surface area contributed by atoms with E-state index in [1.807, 2.05) is 19.9 Å². The van der Waals surface area contributed by atoms with Crippen molar-refractivity contribution in [2.24, 2.45) is 5.92 Å². The number of para-hydroxylation sites is 1. The molecule has 2 amide bonds. The number of sulfonamides is 1. The van der Waals surface area contributed by atoms with Crippen LogP contribution in [0.2, 0.25) is 0 Å². The lowest BCUT2D eigenvalue weighted by Gasteiger charge is -2.22. The molecule has 176 valence electrons. The number of hydrogen-bond donors (Lipinski definition) is 3. The summed E-state index contributed by atoms with van der Waals surface area (Å²) in [5, 5.41) is 13.3. The lowest BCUT2D eigenvalue weighted by molar-refractivity contribution is -0.118. The van der Waals surface area contributed by atoms with Gasteiger partial charge in [0.05, 0.1) is 22.3 Å². The van der Waals surface area contributed by atoms with Gasteiger partial charge in [-0.3, -0.25) is 14.7 Å². The smallest absolute Gasteiger partial charge is 0.251 e. The molecular formula is C23H29N5O4S. The summed E-state index contributed by atoms with van der Waals surface area (Å²) >= 11 is 0. The number of nitrogens with zero attached hydrogens (tertiary/aromatic N) is 2. The Morgan fingerprint density at radius 3 is 2.45 bits per heavy atom. The Bertz CT molecular complexity index is 1250. The maximum atomic E-state index is 13.0. The molecule has 0 fully saturated rings. The van der Waals surface area contributed by atoms with E-state index in [9.17, 15) is 18.0 Å².